The van der Waals surface area contributed by atoms with Crippen LogP contribution < -0.4 is 0 Å². The van der Waals surface area contributed by atoms with Crippen molar-refractivity contribution in [2.45, 2.75) is 11.5 Å². The number of pyridine rings is 1. The summed E-state index contributed by atoms with van der Waals surface area (Å²) in [5, 5.41) is 3.87. The van der Waals surface area contributed by atoms with Gasteiger partial charge in [-0.3, -0.25) is 4.98 Å². The van der Waals surface area contributed by atoms with Crippen molar-refractivity contribution in [3.8, 4) is 5.69 Å². The Hall–Kier alpha value is -1.37. The number of hydrogen-bond donors (Lipinski definition) is 0. The van der Waals surface area contributed by atoms with Gasteiger partial charge < -0.3 is 0 Å². The number of halogens is 4. The van der Waals surface area contributed by atoms with Crippen LogP contribution in [-0.2, 0) is 11.5 Å². The molecule has 0 unspecified atom stereocenters. The Morgan fingerprint density at radius 3 is 2.41 bits per heavy atom. The Morgan fingerprint density at radius 2 is 1.88 bits per heavy atom. The van der Waals surface area contributed by atoms with Gasteiger partial charge in [0.15, 0.2) is 5.69 Å². The molecule has 0 saturated carbocycles. The summed E-state index contributed by atoms with van der Waals surface area (Å²) in [6.07, 6.45) is -0.392. The van der Waals surface area contributed by atoms with Gasteiger partial charge in [0.2, 0.25) is 0 Å². The van der Waals surface area contributed by atoms with Gasteiger partial charge in [0.05, 0.1) is 11.9 Å². The molecule has 0 aromatic carbocycles. The van der Waals surface area contributed by atoms with Crippen LogP contribution in [0.4, 0.5) is 13.2 Å². The van der Waals surface area contributed by atoms with Crippen LogP contribution in [0.3, 0.4) is 0 Å². The van der Waals surface area contributed by atoms with Crippen LogP contribution in [0.15, 0.2) is 30.7 Å². The first-order valence-corrected chi connectivity index (χ1v) is 5.76. The average Bonchev–Trinajstić information content (AvgIpc) is 2.73. The van der Waals surface area contributed by atoms with E-state index in [1.54, 1.807) is 0 Å². The standard InChI is InChI=1S/C10H7BrF3N3/c11-5-7-6-16-17(9(7)10(12,13)14)8-1-3-15-4-2-8/h1-4,6H,5H2. The Labute approximate surface area is 103 Å². The molecule has 0 N–H and O–H groups in total. The Morgan fingerprint density at radius 1 is 1.24 bits per heavy atom. The minimum atomic E-state index is -4.44. The largest absolute Gasteiger partial charge is 0.433 e. The molecule has 2 heterocycles. The number of aromatic nitrogens is 3. The van der Waals surface area contributed by atoms with E-state index in [4.69, 9.17) is 0 Å². The number of nitrogens with zero attached hydrogens (tertiary/aromatic N) is 3. The fourth-order valence-corrected chi connectivity index (χ4v) is 1.87. The zero-order valence-corrected chi connectivity index (χ0v) is 10.0. The average molecular weight is 306 g/mol. The molecule has 0 spiro atoms. The Bertz CT molecular complexity index is 507. The quantitative estimate of drug-likeness (QED) is 0.798. The van der Waals surface area contributed by atoms with Crippen molar-refractivity contribution in [2.75, 3.05) is 0 Å². The van der Waals surface area contributed by atoms with E-state index >= 15 is 0 Å². The lowest BCUT2D eigenvalue weighted by atomic mass is 10.2. The SMILES string of the molecule is FC(F)(F)c1c(CBr)cnn1-c1ccncc1. The highest BCUT2D eigenvalue weighted by atomic mass is 79.9. The lowest BCUT2D eigenvalue weighted by Gasteiger charge is -2.11. The lowest BCUT2D eigenvalue weighted by molar-refractivity contribution is -0.143. The predicted octanol–water partition coefficient (Wildman–Crippen LogP) is 3.18. The van der Waals surface area contributed by atoms with Gasteiger partial charge in [-0.25, -0.2) is 4.68 Å². The highest BCUT2D eigenvalue weighted by Crippen LogP contribution is 2.34. The maximum Gasteiger partial charge on any atom is 0.433 e. The second-order valence-corrected chi connectivity index (χ2v) is 3.83. The van der Waals surface area contributed by atoms with Crippen LogP contribution in [0.5, 0.6) is 0 Å². The van der Waals surface area contributed by atoms with Crippen molar-refractivity contribution < 1.29 is 13.2 Å². The monoisotopic (exact) mass is 305 g/mol. The van der Waals surface area contributed by atoms with Crippen molar-refractivity contribution in [3.63, 3.8) is 0 Å². The molecule has 0 atom stereocenters. The smallest absolute Gasteiger partial charge is 0.265 e. The normalized spacial score (nSPS) is 11.8. The van der Waals surface area contributed by atoms with Crippen molar-refractivity contribution in [1.82, 2.24) is 14.8 Å². The Kier molecular flexibility index (Phi) is 3.19. The lowest BCUT2D eigenvalue weighted by Crippen LogP contribution is -2.15. The summed E-state index contributed by atoms with van der Waals surface area (Å²) in [5.41, 5.74) is -0.325. The molecule has 2 rings (SSSR count). The van der Waals surface area contributed by atoms with Crippen molar-refractivity contribution >= 4 is 15.9 Å². The molecule has 90 valence electrons. The zero-order valence-electron chi connectivity index (χ0n) is 8.45. The summed E-state index contributed by atoms with van der Waals surface area (Å²) in [4.78, 5) is 3.76. The predicted molar refractivity (Wildman–Crippen MR) is 59.0 cm³/mol. The van der Waals surface area contributed by atoms with E-state index in [2.05, 4.69) is 26.0 Å². The van der Waals surface area contributed by atoms with Crippen LogP contribution in [0.1, 0.15) is 11.3 Å². The van der Waals surface area contributed by atoms with Crippen molar-refractivity contribution in [3.05, 3.63) is 42.0 Å². The molecule has 0 aliphatic rings. The van der Waals surface area contributed by atoms with Crippen LogP contribution in [0.2, 0.25) is 0 Å². The highest BCUT2D eigenvalue weighted by molar-refractivity contribution is 9.08. The van der Waals surface area contributed by atoms with Gasteiger partial charge in [0.1, 0.15) is 0 Å². The van der Waals surface area contributed by atoms with Gasteiger partial charge in [-0.15, -0.1) is 0 Å². The molecule has 0 radical (unpaired) electrons. The number of alkyl halides is 4. The third-order valence-electron chi connectivity index (χ3n) is 2.16. The first-order valence-electron chi connectivity index (χ1n) is 4.64. The van der Waals surface area contributed by atoms with E-state index in [0.717, 1.165) is 4.68 Å². The fourth-order valence-electron chi connectivity index (χ4n) is 1.46. The summed E-state index contributed by atoms with van der Waals surface area (Å²) in [5.74, 6) is 0. The molecule has 0 bridgehead atoms. The molecule has 0 aliphatic heterocycles. The minimum Gasteiger partial charge on any atom is -0.265 e. The topological polar surface area (TPSA) is 30.7 Å². The van der Waals surface area contributed by atoms with Crippen LogP contribution in [0, 0.1) is 0 Å². The second-order valence-electron chi connectivity index (χ2n) is 3.27. The molecule has 0 fully saturated rings. The zero-order chi connectivity index (χ0) is 12.5. The summed E-state index contributed by atoms with van der Waals surface area (Å²) in [6.45, 7) is 0. The minimum absolute atomic E-state index is 0.104. The summed E-state index contributed by atoms with van der Waals surface area (Å²) in [6, 6.07) is 2.94. The molecular formula is C10H7BrF3N3. The van der Waals surface area contributed by atoms with Gasteiger partial charge in [-0.05, 0) is 12.1 Å². The molecular weight excluding hydrogens is 299 g/mol. The maximum absolute atomic E-state index is 12.9. The second kappa shape index (κ2) is 4.48. The first-order chi connectivity index (χ1) is 8.04. The van der Waals surface area contributed by atoms with Crippen molar-refractivity contribution in [2.24, 2.45) is 0 Å². The summed E-state index contributed by atoms with van der Waals surface area (Å²) in [7, 11) is 0. The summed E-state index contributed by atoms with van der Waals surface area (Å²) >= 11 is 3.02. The third-order valence-corrected chi connectivity index (χ3v) is 2.77. The molecule has 7 heteroatoms. The van der Waals surface area contributed by atoms with E-state index in [0.29, 0.717) is 5.69 Å². The van der Waals surface area contributed by atoms with Gasteiger partial charge in [0, 0.05) is 23.3 Å². The van der Waals surface area contributed by atoms with Gasteiger partial charge in [-0.2, -0.15) is 18.3 Å². The van der Waals surface area contributed by atoms with Gasteiger partial charge in [-0.1, -0.05) is 15.9 Å². The number of rotatable bonds is 2. The van der Waals surface area contributed by atoms with E-state index in [-0.39, 0.29) is 10.9 Å². The van der Waals surface area contributed by atoms with Gasteiger partial charge in [0.25, 0.3) is 0 Å². The molecule has 17 heavy (non-hydrogen) atoms. The van der Waals surface area contributed by atoms with Crippen LogP contribution >= 0.6 is 15.9 Å². The molecule has 0 amide bonds. The molecule has 2 aromatic rings. The van der Waals surface area contributed by atoms with E-state index in [1.165, 1.54) is 30.7 Å². The Balaban J connectivity index is 2.60. The van der Waals surface area contributed by atoms with E-state index in [1.807, 2.05) is 0 Å². The number of hydrogen-bond acceptors (Lipinski definition) is 2. The molecule has 3 nitrogen and oxygen atoms in total. The third kappa shape index (κ3) is 2.33. The first kappa shape index (κ1) is 12.1. The van der Waals surface area contributed by atoms with E-state index < -0.39 is 11.9 Å². The summed E-state index contributed by atoms with van der Waals surface area (Å²) < 4.78 is 39.6. The fraction of sp³-hybridized carbons (Fsp3) is 0.200. The van der Waals surface area contributed by atoms with Gasteiger partial charge >= 0.3 is 6.18 Å². The molecule has 2 aromatic heterocycles. The van der Waals surface area contributed by atoms with Crippen LogP contribution in [-0.4, -0.2) is 14.8 Å². The molecule has 0 aliphatic carbocycles. The highest BCUT2D eigenvalue weighted by Gasteiger charge is 2.38. The van der Waals surface area contributed by atoms with Crippen LogP contribution in [0.25, 0.3) is 5.69 Å². The van der Waals surface area contributed by atoms with E-state index in [9.17, 15) is 13.2 Å². The van der Waals surface area contributed by atoms with Crippen molar-refractivity contribution in [1.29, 1.82) is 0 Å². The maximum atomic E-state index is 12.9. The molecule has 0 saturated heterocycles.